The van der Waals surface area contributed by atoms with Gasteiger partial charge in [0.25, 0.3) is 5.91 Å². The second-order valence-electron chi connectivity index (χ2n) is 5.02. The van der Waals surface area contributed by atoms with Gasteiger partial charge in [-0.05, 0) is 25.5 Å². The summed E-state index contributed by atoms with van der Waals surface area (Å²) in [5.41, 5.74) is 9.28. The molecule has 1 unspecified atom stereocenters. The van der Waals surface area contributed by atoms with Crippen molar-refractivity contribution >= 4 is 5.91 Å². The number of para-hydroxylation sites is 1. The molecule has 2 N–H and O–H groups in total. The third-order valence-corrected chi connectivity index (χ3v) is 3.78. The van der Waals surface area contributed by atoms with Gasteiger partial charge in [0.15, 0.2) is 6.10 Å². The third-order valence-electron chi connectivity index (χ3n) is 3.78. The summed E-state index contributed by atoms with van der Waals surface area (Å²) in [6.45, 7) is 4.11. The summed E-state index contributed by atoms with van der Waals surface area (Å²) in [5.74, 6) is 0.646. The van der Waals surface area contributed by atoms with Crippen LogP contribution in [0.2, 0.25) is 0 Å². The minimum Gasteiger partial charge on any atom is -0.480 e. The Balaban J connectivity index is 1.89. The van der Waals surface area contributed by atoms with Gasteiger partial charge in [-0.1, -0.05) is 18.2 Å². The lowest BCUT2D eigenvalue weighted by Gasteiger charge is -2.10. The number of nitrogens with zero attached hydrogens (tertiary/aromatic N) is 2. The Morgan fingerprint density at radius 2 is 2.20 bits per heavy atom. The number of rotatable bonds is 2. The Labute approximate surface area is 117 Å². The number of aryl methyl sites for hydroxylation is 1. The number of aromatic nitrogens is 2. The van der Waals surface area contributed by atoms with Crippen molar-refractivity contribution in [2.75, 3.05) is 0 Å². The molecule has 20 heavy (non-hydrogen) atoms. The first kappa shape index (κ1) is 12.9. The smallest absolute Gasteiger partial charge is 0.288 e. The molecule has 1 aliphatic rings. The molecule has 1 aliphatic heterocycles. The van der Waals surface area contributed by atoms with Crippen molar-refractivity contribution < 1.29 is 9.53 Å². The highest BCUT2D eigenvalue weighted by Gasteiger charge is 2.31. The first-order chi connectivity index (χ1) is 9.61. The summed E-state index contributed by atoms with van der Waals surface area (Å²) in [6.07, 6.45) is 0.0849. The molecule has 2 heterocycles. The Morgan fingerprint density at radius 3 is 2.85 bits per heavy atom. The van der Waals surface area contributed by atoms with Crippen LogP contribution in [0.5, 0.6) is 5.75 Å². The van der Waals surface area contributed by atoms with Crippen molar-refractivity contribution in [3.05, 3.63) is 46.8 Å². The number of carbonyl (C=O) groups excluding carboxylic acids is 1. The number of nitrogens with two attached hydrogens (primary N) is 1. The maximum absolute atomic E-state index is 12.6. The summed E-state index contributed by atoms with van der Waals surface area (Å²) in [5, 5.41) is 4.30. The van der Waals surface area contributed by atoms with Gasteiger partial charge in [-0.25, -0.2) is 4.68 Å². The van der Waals surface area contributed by atoms with Gasteiger partial charge >= 0.3 is 0 Å². The maximum atomic E-state index is 12.6. The predicted molar refractivity (Wildman–Crippen MR) is 74.8 cm³/mol. The SMILES string of the molecule is Cc1nn(C(=O)C2Cc3ccccc3O2)c(C)c1CN. The van der Waals surface area contributed by atoms with Crippen LogP contribution in [0.15, 0.2) is 24.3 Å². The molecule has 0 amide bonds. The van der Waals surface area contributed by atoms with E-state index < -0.39 is 6.10 Å². The number of fused-ring (bicyclic) bond motifs is 1. The highest BCUT2D eigenvalue weighted by molar-refractivity contribution is 5.85. The first-order valence-electron chi connectivity index (χ1n) is 6.65. The van der Waals surface area contributed by atoms with Crippen LogP contribution in [-0.2, 0) is 13.0 Å². The average Bonchev–Trinajstić information content (AvgIpc) is 2.99. The first-order valence-corrected chi connectivity index (χ1v) is 6.65. The van der Waals surface area contributed by atoms with Crippen molar-refractivity contribution in [1.82, 2.24) is 9.78 Å². The van der Waals surface area contributed by atoms with Crippen LogP contribution >= 0.6 is 0 Å². The predicted octanol–water partition coefficient (Wildman–Crippen LogP) is 1.60. The molecular weight excluding hydrogens is 254 g/mol. The van der Waals surface area contributed by atoms with Crippen LogP contribution in [0.4, 0.5) is 0 Å². The molecule has 0 spiro atoms. The zero-order valence-corrected chi connectivity index (χ0v) is 11.6. The van der Waals surface area contributed by atoms with Crippen LogP contribution in [0.3, 0.4) is 0 Å². The van der Waals surface area contributed by atoms with Crippen LogP contribution in [-0.4, -0.2) is 21.8 Å². The van der Waals surface area contributed by atoms with E-state index in [4.69, 9.17) is 10.5 Å². The Bertz CT molecular complexity index is 651. The average molecular weight is 271 g/mol. The van der Waals surface area contributed by atoms with Gasteiger partial charge in [-0.3, -0.25) is 4.79 Å². The Morgan fingerprint density at radius 1 is 1.45 bits per heavy atom. The second kappa shape index (κ2) is 4.76. The van der Waals surface area contributed by atoms with Gasteiger partial charge in [-0.2, -0.15) is 5.10 Å². The highest BCUT2D eigenvalue weighted by Crippen LogP contribution is 2.29. The molecule has 5 heteroatoms. The topological polar surface area (TPSA) is 70.1 Å². The fraction of sp³-hybridized carbons (Fsp3) is 0.333. The molecular formula is C15H17N3O2. The fourth-order valence-corrected chi connectivity index (χ4v) is 2.64. The van der Waals surface area contributed by atoms with Gasteiger partial charge in [0, 0.05) is 24.2 Å². The van der Waals surface area contributed by atoms with E-state index in [0.717, 1.165) is 28.3 Å². The molecule has 0 radical (unpaired) electrons. The van der Waals surface area contributed by atoms with E-state index in [9.17, 15) is 4.79 Å². The lowest BCUT2D eigenvalue weighted by molar-refractivity contribution is 0.0713. The van der Waals surface area contributed by atoms with Crippen molar-refractivity contribution in [3.63, 3.8) is 0 Å². The quantitative estimate of drug-likeness (QED) is 0.900. The lowest BCUT2D eigenvalue weighted by atomic mass is 10.1. The van der Waals surface area contributed by atoms with E-state index in [0.29, 0.717) is 13.0 Å². The Hall–Kier alpha value is -2.14. The molecule has 0 bridgehead atoms. The molecule has 0 saturated carbocycles. The van der Waals surface area contributed by atoms with Gasteiger partial charge < -0.3 is 10.5 Å². The molecule has 2 aromatic rings. The molecule has 0 aliphatic carbocycles. The van der Waals surface area contributed by atoms with E-state index in [1.165, 1.54) is 4.68 Å². The number of ether oxygens (including phenoxy) is 1. The summed E-state index contributed by atoms with van der Waals surface area (Å²) < 4.78 is 7.14. The largest absolute Gasteiger partial charge is 0.480 e. The molecule has 0 fully saturated rings. The van der Waals surface area contributed by atoms with E-state index >= 15 is 0 Å². The van der Waals surface area contributed by atoms with Gasteiger partial charge in [0.1, 0.15) is 5.75 Å². The third kappa shape index (κ3) is 1.91. The summed E-state index contributed by atoms with van der Waals surface area (Å²) >= 11 is 0. The van der Waals surface area contributed by atoms with Crippen LogP contribution in [0, 0.1) is 13.8 Å². The van der Waals surface area contributed by atoms with Gasteiger partial charge in [0.2, 0.25) is 0 Å². The summed E-state index contributed by atoms with van der Waals surface area (Å²) in [4.78, 5) is 12.6. The molecule has 1 aromatic heterocycles. The van der Waals surface area contributed by atoms with Crippen LogP contribution in [0.25, 0.3) is 0 Å². The fourth-order valence-electron chi connectivity index (χ4n) is 2.64. The standard InChI is InChI=1S/C15H17N3O2/c1-9-12(8-16)10(2)18(17-9)15(19)14-7-11-5-3-4-6-13(11)20-14/h3-6,14H,7-8,16H2,1-2H3. The minimum absolute atomic E-state index is 0.137. The van der Waals surface area contributed by atoms with Crippen molar-refractivity contribution in [1.29, 1.82) is 0 Å². The molecule has 1 aromatic carbocycles. The van der Waals surface area contributed by atoms with Gasteiger partial charge in [0.05, 0.1) is 5.69 Å². The van der Waals surface area contributed by atoms with E-state index in [1.807, 2.05) is 38.1 Å². The van der Waals surface area contributed by atoms with Crippen LogP contribution < -0.4 is 10.5 Å². The van der Waals surface area contributed by atoms with Crippen LogP contribution in [0.1, 0.15) is 27.3 Å². The maximum Gasteiger partial charge on any atom is 0.288 e. The number of hydrogen-bond acceptors (Lipinski definition) is 4. The van der Waals surface area contributed by atoms with Crippen molar-refractivity contribution in [2.45, 2.75) is 32.9 Å². The molecule has 0 saturated heterocycles. The minimum atomic E-state index is -0.504. The van der Waals surface area contributed by atoms with Crippen molar-refractivity contribution in [3.8, 4) is 5.75 Å². The number of benzene rings is 1. The van der Waals surface area contributed by atoms with E-state index in [-0.39, 0.29) is 5.91 Å². The van der Waals surface area contributed by atoms with E-state index in [2.05, 4.69) is 5.10 Å². The monoisotopic (exact) mass is 271 g/mol. The zero-order valence-electron chi connectivity index (χ0n) is 11.6. The molecule has 5 nitrogen and oxygen atoms in total. The molecule has 104 valence electrons. The Kier molecular flexibility index (Phi) is 3.06. The number of hydrogen-bond donors (Lipinski definition) is 1. The molecule has 1 atom stereocenters. The summed E-state index contributed by atoms with van der Waals surface area (Å²) in [7, 11) is 0. The van der Waals surface area contributed by atoms with Crippen molar-refractivity contribution in [2.24, 2.45) is 5.73 Å². The lowest BCUT2D eigenvalue weighted by Crippen LogP contribution is -2.32. The van der Waals surface area contributed by atoms with Gasteiger partial charge in [-0.15, -0.1) is 0 Å². The number of carbonyl (C=O) groups is 1. The normalized spacial score (nSPS) is 16.9. The highest BCUT2D eigenvalue weighted by atomic mass is 16.5. The van der Waals surface area contributed by atoms with E-state index in [1.54, 1.807) is 0 Å². The second-order valence-corrected chi connectivity index (χ2v) is 5.02. The molecule has 3 rings (SSSR count). The zero-order chi connectivity index (χ0) is 14.3. The summed E-state index contributed by atoms with van der Waals surface area (Å²) in [6, 6.07) is 7.72.